The number of nitrogens with zero attached hydrogens (tertiary/aromatic N) is 4. The van der Waals surface area contributed by atoms with E-state index in [-0.39, 0.29) is 0 Å². The molecule has 5 heteroatoms. The fourth-order valence-electron chi connectivity index (χ4n) is 2.37. The number of aromatic nitrogens is 3. The maximum absolute atomic E-state index is 4.09. The normalized spacial score (nSPS) is 21.1. The summed E-state index contributed by atoms with van der Waals surface area (Å²) in [4.78, 5) is 5.35. The van der Waals surface area contributed by atoms with Crippen molar-refractivity contribution in [2.75, 3.05) is 13.1 Å². The monoisotopic (exact) mass is 248 g/mol. The third kappa shape index (κ3) is 2.40. The molecule has 1 saturated heterocycles. The second kappa shape index (κ2) is 4.58. The highest BCUT2D eigenvalue weighted by Crippen LogP contribution is 2.24. The van der Waals surface area contributed by atoms with E-state index in [1.165, 1.54) is 16.2 Å². The first-order valence-corrected chi connectivity index (χ1v) is 6.76. The van der Waals surface area contributed by atoms with Crippen LogP contribution < -0.4 is 0 Å². The van der Waals surface area contributed by atoms with E-state index in [1.807, 2.05) is 22.2 Å². The van der Waals surface area contributed by atoms with Gasteiger partial charge in [-0.25, -0.2) is 4.68 Å². The summed E-state index contributed by atoms with van der Waals surface area (Å²) in [5.41, 5.74) is 0. The van der Waals surface area contributed by atoms with Gasteiger partial charge in [0.15, 0.2) is 0 Å². The minimum Gasteiger partial charge on any atom is -0.296 e. The van der Waals surface area contributed by atoms with Crippen LogP contribution in [0.2, 0.25) is 0 Å². The van der Waals surface area contributed by atoms with Gasteiger partial charge in [0.25, 0.3) is 0 Å². The molecule has 90 valence electrons. The lowest BCUT2D eigenvalue weighted by molar-refractivity contribution is 0.313. The van der Waals surface area contributed by atoms with Gasteiger partial charge in [0.05, 0.1) is 12.2 Å². The van der Waals surface area contributed by atoms with Crippen LogP contribution in [0.4, 0.5) is 0 Å². The second-order valence-corrected chi connectivity index (χ2v) is 5.95. The van der Waals surface area contributed by atoms with Crippen molar-refractivity contribution >= 4 is 11.3 Å². The van der Waals surface area contributed by atoms with Gasteiger partial charge in [0, 0.05) is 35.6 Å². The highest BCUT2D eigenvalue weighted by Gasteiger charge is 2.24. The third-order valence-corrected chi connectivity index (χ3v) is 4.22. The van der Waals surface area contributed by atoms with E-state index in [1.54, 1.807) is 6.20 Å². The average Bonchev–Trinajstić information content (AvgIpc) is 3.00. The predicted molar refractivity (Wildman–Crippen MR) is 68.0 cm³/mol. The summed E-state index contributed by atoms with van der Waals surface area (Å²) in [5.74, 6) is 0. The number of likely N-dealkylation sites (tertiary alicyclic amines) is 1. The molecule has 0 amide bonds. The van der Waals surface area contributed by atoms with E-state index < -0.39 is 0 Å². The molecule has 1 atom stereocenters. The molecule has 17 heavy (non-hydrogen) atoms. The van der Waals surface area contributed by atoms with Crippen molar-refractivity contribution in [2.24, 2.45) is 0 Å². The van der Waals surface area contributed by atoms with Crippen LogP contribution in [0.25, 0.3) is 0 Å². The molecule has 3 rings (SSSR count). The van der Waals surface area contributed by atoms with Crippen LogP contribution in [0.3, 0.4) is 0 Å². The number of thiophene rings is 1. The molecule has 1 aliphatic heterocycles. The van der Waals surface area contributed by atoms with E-state index in [2.05, 4.69) is 34.3 Å². The zero-order valence-electron chi connectivity index (χ0n) is 9.91. The van der Waals surface area contributed by atoms with Gasteiger partial charge in [-0.2, -0.15) is 0 Å². The molecular weight excluding hydrogens is 232 g/mol. The molecule has 0 aliphatic carbocycles. The fraction of sp³-hybridized carbons (Fsp3) is 0.500. The Morgan fingerprint density at radius 1 is 1.47 bits per heavy atom. The Morgan fingerprint density at radius 2 is 2.41 bits per heavy atom. The highest BCUT2D eigenvalue weighted by atomic mass is 32.1. The van der Waals surface area contributed by atoms with E-state index in [4.69, 9.17) is 0 Å². The summed E-state index contributed by atoms with van der Waals surface area (Å²) >= 11 is 1.90. The smallest absolute Gasteiger partial charge is 0.0693 e. The first-order valence-electron chi connectivity index (χ1n) is 5.95. The number of hydrogen-bond acceptors (Lipinski definition) is 4. The average molecular weight is 248 g/mol. The van der Waals surface area contributed by atoms with Crippen molar-refractivity contribution in [2.45, 2.75) is 25.9 Å². The zero-order chi connectivity index (χ0) is 11.7. The molecule has 4 nitrogen and oxygen atoms in total. The van der Waals surface area contributed by atoms with E-state index >= 15 is 0 Å². The molecule has 0 spiro atoms. The fourth-order valence-corrected chi connectivity index (χ4v) is 3.31. The SMILES string of the molecule is Cc1ccc(CN2CCC(n3ccnn3)C2)s1. The standard InChI is InChI=1S/C12H16N4S/c1-10-2-3-12(17-10)9-15-6-4-11(8-15)16-7-5-13-14-16/h2-3,5,7,11H,4,6,8-9H2,1H3. The Bertz CT molecular complexity index is 476. The molecule has 2 aromatic heterocycles. The Kier molecular flexibility index (Phi) is 2.94. The van der Waals surface area contributed by atoms with Crippen molar-refractivity contribution in [1.29, 1.82) is 0 Å². The molecule has 1 fully saturated rings. The van der Waals surface area contributed by atoms with Gasteiger partial charge in [-0.3, -0.25) is 4.90 Å². The first-order chi connectivity index (χ1) is 8.31. The lowest BCUT2D eigenvalue weighted by Gasteiger charge is -2.14. The van der Waals surface area contributed by atoms with E-state index in [0.717, 1.165) is 19.6 Å². The lowest BCUT2D eigenvalue weighted by atomic mass is 10.3. The minimum atomic E-state index is 0.499. The largest absolute Gasteiger partial charge is 0.296 e. The summed E-state index contributed by atoms with van der Waals surface area (Å²) in [5, 5.41) is 7.96. The van der Waals surface area contributed by atoms with Crippen LogP contribution in [-0.2, 0) is 6.54 Å². The maximum atomic E-state index is 4.09. The molecule has 0 N–H and O–H groups in total. The maximum Gasteiger partial charge on any atom is 0.0693 e. The van der Waals surface area contributed by atoms with Crippen LogP contribution in [0.15, 0.2) is 24.5 Å². The Balaban J connectivity index is 1.61. The molecule has 1 unspecified atom stereocenters. The molecule has 2 aromatic rings. The number of aryl methyl sites for hydroxylation is 1. The lowest BCUT2D eigenvalue weighted by Crippen LogP contribution is -2.20. The van der Waals surface area contributed by atoms with E-state index in [9.17, 15) is 0 Å². The molecule has 0 radical (unpaired) electrons. The van der Waals surface area contributed by atoms with Crippen LogP contribution in [0.1, 0.15) is 22.2 Å². The Hall–Kier alpha value is -1.20. The quantitative estimate of drug-likeness (QED) is 0.834. The summed E-state index contributed by atoms with van der Waals surface area (Å²) in [6.45, 7) is 5.47. The van der Waals surface area contributed by atoms with Crippen molar-refractivity contribution in [3.63, 3.8) is 0 Å². The molecule has 0 bridgehead atoms. The molecule has 1 aliphatic rings. The highest BCUT2D eigenvalue weighted by molar-refractivity contribution is 7.11. The van der Waals surface area contributed by atoms with Gasteiger partial charge < -0.3 is 0 Å². The van der Waals surface area contributed by atoms with Gasteiger partial charge in [0.1, 0.15) is 0 Å². The summed E-state index contributed by atoms with van der Waals surface area (Å²) < 4.78 is 1.99. The van der Waals surface area contributed by atoms with E-state index in [0.29, 0.717) is 6.04 Å². The Morgan fingerprint density at radius 3 is 3.12 bits per heavy atom. The van der Waals surface area contributed by atoms with Crippen LogP contribution >= 0.6 is 11.3 Å². The number of hydrogen-bond donors (Lipinski definition) is 0. The van der Waals surface area contributed by atoms with Gasteiger partial charge in [-0.05, 0) is 25.5 Å². The molecular formula is C12H16N4S. The zero-order valence-corrected chi connectivity index (χ0v) is 10.7. The summed E-state index contributed by atoms with van der Waals surface area (Å²) in [6, 6.07) is 4.94. The molecule has 0 aromatic carbocycles. The topological polar surface area (TPSA) is 34.0 Å². The number of rotatable bonds is 3. The van der Waals surface area contributed by atoms with Crippen molar-refractivity contribution in [3.8, 4) is 0 Å². The molecule has 3 heterocycles. The summed E-state index contributed by atoms with van der Waals surface area (Å²) in [7, 11) is 0. The van der Waals surface area contributed by atoms with Crippen LogP contribution in [0.5, 0.6) is 0 Å². The third-order valence-electron chi connectivity index (χ3n) is 3.24. The predicted octanol–water partition coefficient (Wildman–Crippen LogP) is 2.10. The summed E-state index contributed by atoms with van der Waals surface area (Å²) in [6.07, 6.45) is 4.89. The van der Waals surface area contributed by atoms with Crippen LogP contribution in [-0.4, -0.2) is 33.0 Å². The van der Waals surface area contributed by atoms with Crippen LogP contribution in [0, 0.1) is 6.92 Å². The van der Waals surface area contributed by atoms with Gasteiger partial charge >= 0.3 is 0 Å². The second-order valence-electron chi connectivity index (χ2n) is 4.57. The van der Waals surface area contributed by atoms with Crippen molar-refractivity contribution in [3.05, 3.63) is 34.3 Å². The Labute approximate surface area is 105 Å². The first kappa shape index (κ1) is 10.9. The molecule has 0 saturated carbocycles. The van der Waals surface area contributed by atoms with Gasteiger partial charge in [-0.15, -0.1) is 16.4 Å². The minimum absolute atomic E-state index is 0.499. The van der Waals surface area contributed by atoms with Gasteiger partial charge in [-0.1, -0.05) is 5.21 Å². The van der Waals surface area contributed by atoms with Crippen molar-refractivity contribution < 1.29 is 0 Å². The van der Waals surface area contributed by atoms with Crippen molar-refractivity contribution in [1.82, 2.24) is 19.9 Å². The van der Waals surface area contributed by atoms with Gasteiger partial charge in [0.2, 0.25) is 0 Å².